The van der Waals surface area contributed by atoms with Gasteiger partial charge in [-0.15, -0.1) is 0 Å². The second-order valence-electron chi connectivity index (χ2n) is 7.43. The van der Waals surface area contributed by atoms with E-state index in [9.17, 15) is 17.6 Å². The lowest BCUT2D eigenvalue weighted by Gasteiger charge is -2.30. The predicted molar refractivity (Wildman–Crippen MR) is 110 cm³/mol. The molecule has 154 valence electrons. The molecule has 1 fully saturated rings. The summed E-state index contributed by atoms with van der Waals surface area (Å²) in [5, 5.41) is 0.225. The average molecular weight is 437 g/mol. The quantitative estimate of drug-likeness (QED) is 0.732. The number of sulfonamides is 1. The monoisotopic (exact) mass is 436 g/mol. The van der Waals surface area contributed by atoms with Crippen LogP contribution in [0.25, 0.3) is 0 Å². The molecule has 1 saturated heterocycles. The van der Waals surface area contributed by atoms with Gasteiger partial charge in [-0.2, -0.15) is 4.31 Å². The number of hydrogen-bond donors (Lipinski definition) is 0. The molecular formula is C21H22ClFN2O3S. The van der Waals surface area contributed by atoms with Crippen molar-refractivity contribution in [3.05, 3.63) is 58.4 Å². The Bertz CT molecular complexity index is 1030. The Balaban J connectivity index is 1.61. The number of amides is 1. The molecule has 1 amide bonds. The van der Waals surface area contributed by atoms with Crippen molar-refractivity contribution in [2.24, 2.45) is 0 Å². The fourth-order valence-electron chi connectivity index (χ4n) is 4.02. The largest absolute Gasteiger partial charge is 0.312 e. The van der Waals surface area contributed by atoms with Gasteiger partial charge in [0.25, 0.3) is 0 Å². The number of hydrogen-bond acceptors (Lipinski definition) is 3. The first-order chi connectivity index (χ1) is 13.9. The van der Waals surface area contributed by atoms with Gasteiger partial charge in [0.15, 0.2) is 0 Å². The maximum atomic E-state index is 14.1. The highest BCUT2D eigenvalue weighted by molar-refractivity contribution is 7.89. The van der Waals surface area contributed by atoms with Crippen LogP contribution in [0.3, 0.4) is 0 Å². The topological polar surface area (TPSA) is 57.7 Å². The van der Waals surface area contributed by atoms with E-state index in [0.717, 1.165) is 24.8 Å². The van der Waals surface area contributed by atoms with Crippen molar-refractivity contribution in [3.8, 4) is 0 Å². The zero-order valence-corrected chi connectivity index (χ0v) is 17.5. The van der Waals surface area contributed by atoms with E-state index in [1.807, 2.05) is 0 Å². The summed E-state index contributed by atoms with van der Waals surface area (Å²) in [7, 11) is -3.51. The van der Waals surface area contributed by atoms with E-state index in [2.05, 4.69) is 0 Å². The van der Waals surface area contributed by atoms with Crippen molar-refractivity contribution < 1.29 is 17.6 Å². The van der Waals surface area contributed by atoms with Crippen LogP contribution in [0.1, 0.15) is 30.4 Å². The third kappa shape index (κ3) is 3.91. The van der Waals surface area contributed by atoms with Gasteiger partial charge in [-0.05, 0) is 61.6 Å². The second-order valence-corrected chi connectivity index (χ2v) is 9.77. The van der Waals surface area contributed by atoms with E-state index in [4.69, 9.17) is 11.6 Å². The van der Waals surface area contributed by atoms with Gasteiger partial charge < -0.3 is 4.90 Å². The molecule has 2 aliphatic heterocycles. The summed E-state index contributed by atoms with van der Waals surface area (Å²) in [4.78, 5) is 14.8. The molecule has 0 unspecified atom stereocenters. The van der Waals surface area contributed by atoms with E-state index in [-0.39, 0.29) is 27.8 Å². The van der Waals surface area contributed by atoms with Crippen LogP contribution >= 0.6 is 11.6 Å². The summed E-state index contributed by atoms with van der Waals surface area (Å²) in [5.41, 5.74) is 1.69. The molecule has 0 N–H and O–H groups in total. The zero-order chi connectivity index (χ0) is 20.6. The molecule has 0 aliphatic carbocycles. The Morgan fingerprint density at radius 2 is 1.83 bits per heavy atom. The number of halogens is 2. The summed E-state index contributed by atoms with van der Waals surface area (Å²) in [5.74, 6) is -0.761. The average Bonchev–Trinajstić information content (AvgIpc) is 3.25. The maximum Gasteiger partial charge on any atom is 0.243 e. The van der Waals surface area contributed by atoms with E-state index in [1.165, 1.54) is 16.4 Å². The molecule has 2 aliphatic rings. The molecule has 0 aromatic heterocycles. The number of anilines is 1. The third-order valence-corrected chi connectivity index (χ3v) is 7.81. The van der Waals surface area contributed by atoms with Gasteiger partial charge in [-0.25, -0.2) is 12.8 Å². The van der Waals surface area contributed by atoms with Gasteiger partial charge in [-0.3, -0.25) is 4.79 Å². The van der Waals surface area contributed by atoms with Gasteiger partial charge >= 0.3 is 0 Å². The van der Waals surface area contributed by atoms with Crippen LogP contribution in [0.4, 0.5) is 10.1 Å². The van der Waals surface area contributed by atoms with E-state index in [0.29, 0.717) is 31.7 Å². The highest BCUT2D eigenvalue weighted by atomic mass is 35.5. The summed E-state index contributed by atoms with van der Waals surface area (Å²) < 4.78 is 41.3. The summed E-state index contributed by atoms with van der Waals surface area (Å²) in [6.45, 7) is 1.61. The molecule has 8 heteroatoms. The molecule has 0 radical (unpaired) electrons. The Morgan fingerprint density at radius 1 is 1.07 bits per heavy atom. The van der Waals surface area contributed by atoms with Crippen LogP contribution in [0.2, 0.25) is 5.02 Å². The Labute approximate surface area is 175 Å². The highest BCUT2D eigenvalue weighted by Crippen LogP contribution is 2.32. The first-order valence-electron chi connectivity index (χ1n) is 9.74. The number of carbonyl (C=O) groups excluding carboxylic acids is 1. The molecule has 2 heterocycles. The van der Waals surface area contributed by atoms with Crippen molar-refractivity contribution in [3.63, 3.8) is 0 Å². The fraction of sp³-hybridized carbons (Fsp3) is 0.381. The highest BCUT2D eigenvalue weighted by Gasteiger charge is 2.30. The summed E-state index contributed by atoms with van der Waals surface area (Å²) >= 11 is 6.06. The molecule has 4 rings (SSSR count). The molecular weight excluding hydrogens is 415 g/mol. The molecule has 0 atom stereocenters. The molecule has 29 heavy (non-hydrogen) atoms. The van der Waals surface area contributed by atoms with Crippen LogP contribution in [0.5, 0.6) is 0 Å². The zero-order valence-electron chi connectivity index (χ0n) is 15.9. The molecule has 5 nitrogen and oxygen atoms in total. The number of carbonyl (C=O) groups is 1. The van der Waals surface area contributed by atoms with Gasteiger partial charge in [-0.1, -0.05) is 17.7 Å². The first kappa shape index (κ1) is 20.3. The van der Waals surface area contributed by atoms with E-state index >= 15 is 0 Å². The summed E-state index contributed by atoms with van der Waals surface area (Å²) in [6, 6.07) is 9.29. The lowest BCUT2D eigenvalue weighted by Crippen LogP contribution is -2.37. The number of fused-ring (bicyclic) bond motifs is 1. The fourth-order valence-corrected chi connectivity index (χ4v) is 5.82. The predicted octanol–water partition coefficient (Wildman–Crippen LogP) is 3.79. The number of aryl methyl sites for hydroxylation is 1. The van der Waals surface area contributed by atoms with Crippen molar-refractivity contribution in [1.29, 1.82) is 0 Å². The smallest absolute Gasteiger partial charge is 0.243 e. The minimum Gasteiger partial charge on any atom is -0.312 e. The normalized spacial score (nSPS) is 17.4. The van der Waals surface area contributed by atoms with Gasteiger partial charge in [0.2, 0.25) is 15.9 Å². The number of benzene rings is 2. The van der Waals surface area contributed by atoms with Crippen LogP contribution in [-0.4, -0.2) is 38.3 Å². The number of nitrogens with zero attached hydrogens (tertiary/aromatic N) is 2. The van der Waals surface area contributed by atoms with Crippen LogP contribution in [0, 0.1) is 5.82 Å². The second kappa shape index (κ2) is 8.05. The standard InChI is InChI=1S/C21H22ClFN2O3S/c22-18-6-3-7-19(23)17(18)14-21(26)25-12-4-5-15-13-16(8-9-20(15)25)29(27,28)24-10-1-2-11-24/h3,6-9,13H,1-2,4-5,10-12,14H2. The lowest BCUT2D eigenvalue weighted by atomic mass is 10.0. The SMILES string of the molecule is O=C(Cc1c(F)cccc1Cl)N1CCCc2cc(S(=O)(=O)N3CCCC3)ccc21. The van der Waals surface area contributed by atoms with Crippen LogP contribution in [-0.2, 0) is 27.7 Å². The van der Waals surface area contributed by atoms with E-state index in [1.54, 1.807) is 29.2 Å². The van der Waals surface area contributed by atoms with Crippen molar-refractivity contribution in [1.82, 2.24) is 4.31 Å². The van der Waals surface area contributed by atoms with Crippen molar-refractivity contribution in [2.45, 2.75) is 37.0 Å². The Morgan fingerprint density at radius 3 is 2.55 bits per heavy atom. The maximum absolute atomic E-state index is 14.1. The Hall–Kier alpha value is -1.96. The minimum atomic E-state index is -3.51. The molecule has 0 bridgehead atoms. The van der Waals surface area contributed by atoms with Gasteiger partial charge in [0, 0.05) is 35.9 Å². The van der Waals surface area contributed by atoms with Crippen molar-refractivity contribution >= 4 is 33.2 Å². The van der Waals surface area contributed by atoms with Gasteiger partial charge in [0.05, 0.1) is 11.3 Å². The number of rotatable bonds is 4. The third-order valence-electron chi connectivity index (χ3n) is 5.56. The Kier molecular flexibility index (Phi) is 5.64. The lowest BCUT2D eigenvalue weighted by molar-refractivity contribution is -0.118. The summed E-state index contributed by atoms with van der Waals surface area (Å²) in [6.07, 6.45) is 3.04. The van der Waals surface area contributed by atoms with E-state index < -0.39 is 15.8 Å². The minimum absolute atomic E-state index is 0.140. The van der Waals surface area contributed by atoms with Crippen LogP contribution < -0.4 is 4.90 Å². The van der Waals surface area contributed by atoms with Crippen molar-refractivity contribution in [2.75, 3.05) is 24.5 Å². The molecule has 0 saturated carbocycles. The van der Waals surface area contributed by atoms with Gasteiger partial charge in [0.1, 0.15) is 5.82 Å². The van der Waals surface area contributed by atoms with Crippen LogP contribution in [0.15, 0.2) is 41.3 Å². The molecule has 2 aromatic carbocycles. The molecule has 0 spiro atoms. The molecule has 2 aromatic rings. The first-order valence-corrected chi connectivity index (χ1v) is 11.6.